The Hall–Kier alpha value is -8.43. The maximum atomic E-state index is 8.94. The fraction of sp³-hybridized carbons (Fsp3) is 0.142. The minimum Gasteiger partial charge on any atom is -0.361 e. The van der Waals surface area contributed by atoms with Gasteiger partial charge in [-0.15, -0.1) is 22.8 Å². The van der Waals surface area contributed by atoms with Crippen LogP contribution >= 0.6 is 208 Å². The molecule has 0 amide bonds. The van der Waals surface area contributed by atoms with Gasteiger partial charge in [-0.25, -0.2) is 4.85 Å². The summed E-state index contributed by atoms with van der Waals surface area (Å²) in [4.78, 5) is 15.9. The van der Waals surface area contributed by atoms with E-state index >= 15 is 0 Å². The van der Waals surface area contributed by atoms with E-state index in [1.54, 1.807) is 89.5 Å². The molecule has 2 N–H and O–H groups in total. The second kappa shape index (κ2) is 52.0. The van der Waals surface area contributed by atoms with Gasteiger partial charge >= 0.3 is 0 Å². The third-order valence-corrected chi connectivity index (χ3v) is 34.1. The fourth-order valence-corrected chi connectivity index (χ4v) is 22.6. The molecule has 138 heavy (non-hydrogen) atoms. The van der Waals surface area contributed by atoms with E-state index in [0.717, 1.165) is 92.5 Å². The van der Waals surface area contributed by atoms with E-state index in [9.17, 15) is 0 Å². The Balaban J connectivity index is 0.000000140. The SMILES string of the molecule is C[Si](C)(C)CCOCn1ccc2c(Br)cccc21.C[Si](C)(C)CCOCn1ccc2c(Sc3ccc(Cl)cc3Cl)cccc21.Clc1ccc(Sc2cccc3[nH]ccc23)c(Cl)c1.Clc1ccc(Sc2cccc3c2ccn3Cc2ccc(-c3nn[nH]n3)cc2)c(Cl)c1.N#Cc1ccc(Cn2ccc3c(Sc4ccc(Cl)cc4Cl)cccc32)cc1.Sc1ccc(Cl)cc1Cl.[C-]#[N+]c1ccc(CBr)cc1. The van der Waals surface area contributed by atoms with Crippen LogP contribution in [0.3, 0.4) is 0 Å². The largest absolute Gasteiger partial charge is 0.361 e. The van der Waals surface area contributed by atoms with E-state index < -0.39 is 16.1 Å². The zero-order valence-electron chi connectivity index (χ0n) is 75.3. The lowest BCUT2D eigenvalue weighted by atomic mass is 10.1. The average molecular weight is 2280 g/mol. The molecule has 0 bridgehead atoms. The minimum absolute atomic E-state index is 0.587. The summed E-state index contributed by atoms with van der Waals surface area (Å²) in [6.45, 7) is 25.4. The molecule has 32 heteroatoms. The highest BCUT2D eigenvalue weighted by atomic mass is 79.9. The number of alkyl halides is 1. The van der Waals surface area contributed by atoms with Crippen molar-refractivity contribution in [1.29, 1.82) is 5.26 Å². The van der Waals surface area contributed by atoms with Gasteiger partial charge in [0.1, 0.15) is 13.5 Å². The number of aromatic nitrogens is 9. The topological polar surface area (TPSA) is 137 Å². The van der Waals surface area contributed by atoms with Crippen LogP contribution in [0.2, 0.25) is 102 Å². The maximum Gasteiger partial charge on any atom is 0.204 e. The number of ether oxygens (including phenoxy) is 2. The van der Waals surface area contributed by atoms with Crippen LogP contribution in [0.15, 0.2) is 365 Å². The lowest BCUT2D eigenvalue weighted by molar-refractivity contribution is 0.0901. The Labute approximate surface area is 895 Å². The standard InChI is InChI=1S/C22H15Cl2N5S.C22H14Cl2N2S.C20H23Cl2NOSSi.C14H20BrNOSi.C14H9Cl2NS.C8H6BrN.C6H4Cl2S/c23-16-8-9-21(18(24)12-16)30-20-3-1-2-19-17(20)10-11-29(19)13-14-4-6-15(7-5-14)22-25-27-28-26-22;23-17-8-9-22(19(24)12-17)27-21-3-1-2-20-18(21)10-11-26(20)14-16-6-4-15(13-25)5-7-16;1-26(2,3)12-11-24-14-23-10-9-16-18(23)5-4-6-19(16)25-20-8-7-15(21)13-17(20)22;1-18(2,3)10-9-17-11-16-8-7-12-13(15)5-4-6-14(12)16;15-9-4-5-14(11(16)8-9)18-13-3-1-2-12-10(13)6-7-17-12;1-10-8-4-2-7(6-9)3-5-8;7-4-1-2-6(9)5(8)3-4/h1-12H,13H2,(H,25,26,27,28);1-12H,14H2;4-10,13H,11-12,14H2,1-3H3;4-8H,9-11H2,1-3H3;1-8,17H;2-5H,6H2;1-3,9H. The number of rotatable bonds is 24. The highest BCUT2D eigenvalue weighted by Gasteiger charge is 2.19. The van der Waals surface area contributed by atoms with Crippen molar-refractivity contribution in [2.24, 2.45) is 0 Å². The number of aromatic amines is 2. The van der Waals surface area contributed by atoms with Crippen molar-refractivity contribution in [3.63, 3.8) is 0 Å². The number of halogens is 12. The lowest BCUT2D eigenvalue weighted by Crippen LogP contribution is -2.21. The first kappa shape index (κ1) is 107. The monoisotopic (exact) mass is 2270 g/mol. The molecule has 0 fully saturated rings. The summed E-state index contributed by atoms with van der Waals surface area (Å²) in [5, 5.41) is 36.4. The summed E-state index contributed by atoms with van der Waals surface area (Å²) in [7, 11) is -2.04. The molecule has 13 aromatic carbocycles. The van der Waals surface area contributed by atoms with Gasteiger partial charge in [0, 0.05) is 201 Å². The second-order valence-corrected chi connectivity index (χ2v) is 55.2. The normalized spacial score (nSPS) is 11.1. The van der Waals surface area contributed by atoms with Gasteiger partial charge in [0.05, 0.1) is 54.4 Å². The number of H-pyrrole nitrogens is 2. The number of fused-ring (bicyclic) bond motifs is 5. The molecule has 0 saturated heterocycles. The van der Waals surface area contributed by atoms with Crippen molar-refractivity contribution in [3.05, 3.63) is 404 Å². The van der Waals surface area contributed by atoms with Crippen LogP contribution in [0.25, 0.3) is 70.7 Å². The number of hydrogen-bond acceptors (Lipinski definition) is 11. The molecule has 0 unspecified atom stereocenters. The number of thiol groups is 1. The van der Waals surface area contributed by atoms with Crippen molar-refractivity contribution < 1.29 is 9.47 Å². The number of nitrogens with zero attached hydrogens (tertiary/aromatic N) is 9. The van der Waals surface area contributed by atoms with Crippen molar-refractivity contribution in [2.75, 3.05) is 13.2 Å². The van der Waals surface area contributed by atoms with Crippen LogP contribution in [0.1, 0.15) is 22.3 Å². The van der Waals surface area contributed by atoms with Crippen molar-refractivity contribution in [1.82, 2.24) is 43.9 Å². The number of benzene rings is 13. The number of nitrogens with one attached hydrogen (secondary N) is 2. The predicted octanol–water partition coefficient (Wildman–Crippen LogP) is 37.5. The molecule has 19 rings (SSSR count). The number of tetrazole rings is 1. The molecule has 0 aliphatic rings. The van der Waals surface area contributed by atoms with E-state index in [0.29, 0.717) is 80.8 Å². The van der Waals surface area contributed by atoms with Gasteiger partial charge in [-0.05, 0) is 228 Å². The average Bonchev–Trinajstić information content (AvgIpc) is 1.65. The van der Waals surface area contributed by atoms with Crippen LogP contribution in [-0.4, -0.2) is 73.2 Å². The molecule has 6 heterocycles. The summed E-state index contributed by atoms with van der Waals surface area (Å²) in [6.07, 6.45) is 10.3. The quantitative estimate of drug-likeness (QED) is 0.0176. The predicted molar refractivity (Wildman–Crippen MR) is 602 cm³/mol. The third-order valence-electron chi connectivity index (χ3n) is 21.0. The molecule has 0 aliphatic carbocycles. The summed E-state index contributed by atoms with van der Waals surface area (Å²) in [6, 6.07) is 97.5. The summed E-state index contributed by atoms with van der Waals surface area (Å²) in [5.41, 5.74) is 11.7. The first-order valence-corrected chi connectivity index (χ1v) is 59.9. The van der Waals surface area contributed by atoms with Gasteiger partial charge in [-0.1, -0.05) is 325 Å². The third kappa shape index (κ3) is 31.3. The van der Waals surface area contributed by atoms with E-state index in [4.69, 9.17) is 137 Å². The highest BCUT2D eigenvalue weighted by molar-refractivity contribution is 9.10. The lowest BCUT2D eigenvalue weighted by Gasteiger charge is -2.16. The Morgan fingerprint density at radius 2 is 0.797 bits per heavy atom. The van der Waals surface area contributed by atoms with E-state index in [-0.39, 0.29) is 0 Å². The summed E-state index contributed by atoms with van der Waals surface area (Å²) < 4.78 is 21.6. The molecule has 704 valence electrons. The van der Waals surface area contributed by atoms with Gasteiger partial charge in [0.2, 0.25) is 5.82 Å². The number of hydrogen-bond donors (Lipinski definition) is 3. The molecule has 0 saturated carbocycles. The first-order valence-electron chi connectivity index (χ1n) is 43.1. The molecule has 0 aliphatic heterocycles. The van der Waals surface area contributed by atoms with Crippen molar-refractivity contribution in [2.45, 2.75) is 127 Å². The van der Waals surface area contributed by atoms with Gasteiger partial charge in [0.15, 0.2) is 5.69 Å². The Bertz CT molecular complexity index is 7410. The van der Waals surface area contributed by atoms with Crippen LogP contribution in [0, 0.1) is 17.9 Å². The fourth-order valence-electron chi connectivity index (χ4n) is 13.7. The van der Waals surface area contributed by atoms with Crippen molar-refractivity contribution in [3.8, 4) is 17.5 Å². The van der Waals surface area contributed by atoms with Gasteiger partial charge < -0.3 is 32.7 Å². The van der Waals surface area contributed by atoms with Gasteiger partial charge in [-0.3, -0.25) is 0 Å². The minimum atomic E-state index is -1.05. The van der Waals surface area contributed by atoms with E-state index in [2.05, 4.69) is 291 Å². The van der Waals surface area contributed by atoms with Gasteiger partial charge in [0.25, 0.3) is 0 Å². The van der Waals surface area contributed by atoms with Crippen molar-refractivity contribution >= 4 is 284 Å². The highest BCUT2D eigenvalue weighted by Crippen LogP contribution is 2.44. The molecular formula is C106H91Br2Cl10N11O2S5Si2. The maximum absolute atomic E-state index is 8.94. The van der Waals surface area contributed by atoms with Crippen LogP contribution in [0.4, 0.5) is 5.69 Å². The Morgan fingerprint density at radius 1 is 0.420 bits per heavy atom. The zero-order chi connectivity index (χ0) is 98.0. The van der Waals surface area contributed by atoms with E-state index in [1.807, 2.05) is 121 Å². The Morgan fingerprint density at radius 3 is 1.19 bits per heavy atom. The summed E-state index contributed by atoms with van der Waals surface area (Å²) in [5.74, 6) is 0.593. The molecule has 6 aromatic heterocycles. The van der Waals surface area contributed by atoms with E-state index in [1.165, 1.54) is 76.5 Å². The molecule has 0 radical (unpaired) electrons. The zero-order valence-corrected chi connectivity index (χ0v) is 92.2. The molecule has 19 aromatic rings. The second-order valence-electron chi connectivity index (χ2n) is 33.5. The molecule has 0 atom stereocenters. The van der Waals surface area contributed by atoms with Crippen LogP contribution < -0.4 is 0 Å². The Kier molecular flexibility index (Phi) is 40.3. The smallest absolute Gasteiger partial charge is 0.204 e. The molecule has 0 spiro atoms. The molecule has 13 nitrogen and oxygen atoms in total. The summed E-state index contributed by atoms with van der Waals surface area (Å²) >= 11 is 77.9. The first-order chi connectivity index (χ1) is 66.4. The number of nitriles is 1. The molecular weight excluding hydrogens is 2190 g/mol. The van der Waals surface area contributed by atoms with Crippen LogP contribution in [0.5, 0.6) is 0 Å². The van der Waals surface area contributed by atoms with Gasteiger partial charge in [-0.2, -0.15) is 10.5 Å². The van der Waals surface area contributed by atoms with Crippen LogP contribution in [-0.2, 0) is 41.4 Å².